The molecule has 0 bridgehead atoms. The largest absolute Gasteiger partial charge is 0.384 e. The molecule has 22 heavy (non-hydrogen) atoms. The number of carbonyl (C=O) groups excluding carboxylic acids is 1. The molecule has 0 radical (unpaired) electrons. The van der Waals surface area contributed by atoms with Crippen LogP contribution >= 0.6 is 11.6 Å². The van der Waals surface area contributed by atoms with Crippen LogP contribution in [0.5, 0.6) is 0 Å². The van der Waals surface area contributed by atoms with E-state index in [9.17, 15) is 14.3 Å². The Morgan fingerprint density at radius 1 is 1.41 bits per heavy atom. The molecule has 0 saturated heterocycles. The number of aromatic nitrogens is 2. The van der Waals surface area contributed by atoms with Crippen molar-refractivity contribution in [2.45, 2.75) is 19.4 Å². The number of benzene rings is 1. The summed E-state index contributed by atoms with van der Waals surface area (Å²) in [7, 11) is 0. The van der Waals surface area contributed by atoms with Gasteiger partial charge in [0.05, 0.1) is 17.8 Å². The van der Waals surface area contributed by atoms with Gasteiger partial charge in [-0.15, -0.1) is 0 Å². The van der Waals surface area contributed by atoms with Gasteiger partial charge in [0.15, 0.2) is 0 Å². The number of aryl methyl sites for hydroxylation is 1. The minimum atomic E-state index is -1.35. The molecule has 2 N–H and O–H groups in total. The molecule has 1 unspecified atom stereocenters. The Labute approximate surface area is 132 Å². The molecule has 0 fully saturated rings. The second kappa shape index (κ2) is 6.37. The summed E-state index contributed by atoms with van der Waals surface area (Å²) in [5.74, 6) is -0.496. The van der Waals surface area contributed by atoms with Crippen molar-refractivity contribution in [1.29, 1.82) is 0 Å². The lowest BCUT2D eigenvalue weighted by Gasteiger charge is -2.24. The number of halogens is 2. The molecule has 1 atom stereocenters. The summed E-state index contributed by atoms with van der Waals surface area (Å²) in [5.41, 5.74) is -0.819. The van der Waals surface area contributed by atoms with E-state index in [-0.39, 0.29) is 17.3 Å². The second-order valence-corrected chi connectivity index (χ2v) is 5.48. The number of carbonyl (C=O) groups is 1. The molecule has 0 spiro atoms. The summed E-state index contributed by atoms with van der Waals surface area (Å²) in [4.78, 5) is 19.9. The first kappa shape index (κ1) is 16.3. The molecule has 0 aliphatic rings. The quantitative estimate of drug-likeness (QED) is 0.904. The van der Waals surface area contributed by atoms with Gasteiger partial charge < -0.3 is 10.4 Å². The van der Waals surface area contributed by atoms with Crippen LogP contribution in [0.1, 0.15) is 28.8 Å². The molecule has 1 aromatic carbocycles. The molecular formula is C15H15ClFN3O2. The maximum atomic E-state index is 12.9. The highest BCUT2D eigenvalue weighted by Crippen LogP contribution is 2.20. The first-order chi connectivity index (χ1) is 10.3. The van der Waals surface area contributed by atoms with Gasteiger partial charge in [0.25, 0.3) is 5.91 Å². The summed E-state index contributed by atoms with van der Waals surface area (Å²) >= 11 is 5.89. The van der Waals surface area contributed by atoms with Crippen molar-refractivity contribution in [3.05, 3.63) is 58.4 Å². The fourth-order valence-corrected chi connectivity index (χ4v) is 2.04. The van der Waals surface area contributed by atoms with Gasteiger partial charge in [0.2, 0.25) is 0 Å². The molecule has 116 valence electrons. The fraction of sp³-hybridized carbons (Fsp3) is 0.267. The average Bonchev–Trinajstić information content (AvgIpc) is 2.48. The van der Waals surface area contributed by atoms with Gasteiger partial charge >= 0.3 is 0 Å². The van der Waals surface area contributed by atoms with Gasteiger partial charge in [0.1, 0.15) is 22.9 Å². The SMILES string of the molecule is Cc1ncc(Cl)c(C(=O)NCC(C)(O)c2ccc(F)cc2)n1. The van der Waals surface area contributed by atoms with Crippen LogP contribution in [0.25, 0.3) is 0 Å². The van der Waals surface area contributed by atoms with E-state index in [1.807, 2.05) is 0 Å². The number of amides is 1. The molecule has 1 amide bonds. The summed E-state index contributed by atoms with van der Waals surface area (Å²) in [6.45, 7) is 3.09. The van der Waals surface area contributed by atoms with Crippen LogP contribution in [0.3, 0.4) is 0 Å². The van der Waals surface area contributed by atoms with E-state index in [4.69, 9.17) is 11.6 Å². The van der Waals surface area contributed by atoms with Crippen molar-refractivity contribution in [3.8, 4) is 0 Å². The topological polar surface area (TPSA) is 75.1 Å². The van der Waals surface area contributed by atoms with Crippen molar-refractivity contribution in [2.75, 3.05) is 6.54 Å². The minimum Gasteiger partial charge on any atom is -0.384 e. The number of hydrogen-bond donors (Lipinski definition) is 2. The Balaban J connectivity index is 2.09. The highest BCUT2D eigenvalue weighted by molar-refractivity contribution is 6.33. The third kappa shape index (κ3) is 3.78. The molecule has 1 heterocycles. The number of aliphatic hydroxyl groups is 1. The molecule has 0 aliphatic carbocycles. The maximum Gasteiger partial charge on any atom is 0.271 e. The van der Waals surface area contributed by atoms with E-state index >= 15 is 0 Å². The van der Waals surface area contributed by atoms with Crippen molar-refractivity contribution >= 4 is 17.5 Å². The number of rotatable bonds is 4. The van der Waals surface area contributed by atoms with Crippen LogP contribution in [0, 0.1) is 12.7 Å². The Kier molecular flexibility index (Phi) is 4.73. The van der Waals surface area contributed by atoms with Crippen molar-refractivity contribution < 1.29 is 14.3 Å². The Morgan fingerprint density at radius 3 is 2.68 bits per heavy atom. The monoisotopic (exact) mass is 323 g/mol. The van der Waals surface area contributed by atoms with E-state index in [2.05, 4.69) is 15.3 Å². The molecule has 7 heteroatoms. The van der Waals surface area contributed by atoms with Crippen LogP contribution in [0.4, 0.5) is 4.39 Å². The molecule has 2 rings (SSSR count). The summed E-state index contributed by atoms with van der Waals surface area (Å²) in [5, 5.41) is 13.1. The van der Waals surface area contributed by atoms with Crippen LogP contribution in [0.2, 0.25) is 5.02 Å². The van der Waals surface area contributed by atoms with Crippen molar-refractivity contribution in [3.63, 3.8) is 0 Å². The smallest absolute Gasteiger partial charge is 0.271 e. The molecule has 0 saturated carbocycles. The van der Waals surface area contributed by atoms with Crippen LogP contribution in [0.15, 0.2) is 30.5 Å². The van der Waals surface area contributed by atoms with Gasteiger partial charge in [-0.25, -0.2) is 14.4 Å². The van der Waals surface area contributed by atoms with Gasteiger partial charge in [-0.2, -0.15) is 0 Å². The molecular weight excluding hydrogens is 309 g/mol. The van der Waals surface area contributed by atoms with E-state index in [0.717, 1.165) is 0 Å². The number of hydrogen-bond acceptors (Lipinski definition) is 4. The van der Waals surface area contributed by atoms with Crippen LogP contribution < -0.4 is 5.32 Å². The highest BCUT2D eigenvalue weighted by Gasteiger charge is 2.25. The average molecular weight is 324 g/mol. The van der Waals surface area contributed by atoms with Gasteiger partial charge in [-0.05, 0) is 31.5 Å². The molecule has 1 aromatic heterocycles. The highest BCUT2D eigenvalue weighted by atomic mass is 35.5. The zero-order chi connectivity index (χ0) is 16.3. The lowest BCUT2D eigenvalue weighted by molar-refractivity contribution is 0.0524. The number of nitrogens with one attached hydrogen (secondary N) is 1. The Bertz CT molecular complexity index is 690. The van der Waals surface area contributed by atoms with Crippen LogP contribution in [-0.4, -0.2) is 27.5 Å². The molecule has 5 nitrogen and oxygen atoms in total. The molecule has 2 aromatic rings. The normalized spacial score (nSPS) is 13.5. The van der Waals surface area contributed by atoms with Gasteiger partial charge in [-0.3, -0.25) is 4.79 Å². The standard InChI is InChI=1S/C15H15ClFN3O2/c1-9-18-7-12(16)13(20-9)14(21)19-8-15(2,22)10-3-5-11(17)6-4-10/h3-7,22H,8H2,1-2H3,(H,19,21). The predicted octanol–water partition coefficient (Wildman–Crippen LogP) is 2.22. The lowest BCUT2D eigenvalue weighted by atomic mass is 9.96. The van der Waals surface area contributed by atoms with E-state index in [1.165, 1.54) is 37.4 Å². The van der Waals surface area contributed by atoms with Crippen LogP contribution in [-0.2, 0) is 5.60 Å². The zero-order valence-corrected chi connectivity index (χ0v) is 12.9. The summed E-state index contributed by atoms with van der Waals surface area (Å²) < 4.78 is 12.9. The van der Waals surface area contributed by atoms with Crippen molar-refractivity contribution in [2.24, 2.45) is 0 Å². The van der Waals surface area contributed by atoms with Crippen molar-refractivity contribution in [1.82, 2.24) is 15.3 Å². The second-order valence-electron chi connectivity index (χ2n) is 5.08. The van der Waals surface area contributed by atoms with Gasteiger partial charge in [0, 0.05) is 0 Å². The maximum absolute atomic E-state index is 12.9. The van der Waals surface area contributed by atoms with E-state index < -0.39 is 17.3 Å². The first-order valence-corrected chi connectivity index (χ1v) is 6.93. The first-order valence-electron chi connectivity index (χ1n) is 6.55. The summed E-state index contributed by atoms with van der Waals surface area (Å²) in [6.07, 6.45) is 1.34. The Hall–Kier alpha value is -2.05. The fourth-order valence-electron chi connectivity index (χ4n) is 1.86. The number of nitrogens with zero attached hydrogens (tertiary/aromatic N) is 2. The van der Waals surface area contributed by atoms with Gasteiger partial charge in [-0.1, -0.05) is 23.7 Å². The lowest BCUT2D eigenvalue weighted by Crippen LogP contribution is -2.39. The minimum absolute atomic E-state index is 0.0454. The van der Waals surface area contributed by atoms with E-state index in [1.54, 1.807) is 6.92 Å². The molecule has 0 aliphatic heterocycles. The summed E-state index contributed by atoms with van der Waals surface area (Å²) in [6, 6.07) is 5.42. The third-order valence-corrected chi connectivity index (χ3v) is 3.42. The zero-order valence-electron chi connectivity index (χ0n) is 12.1. The predicted molar refractivity (Wildman–Crippen MR) is 80.1 cm³/mol. The van der Waals surface area contributed by atoms with E-state index in [0.29, 0.717) is 11.4 Å². The Morgan fingerprint density at radius 2 is 2.05 bits per heavy atom. The third-order valence-electron chi connectivity index (χ3n) is 3.14.